The summed E-state index contributed by atoms with van der Waals surface area (Å²) in [6.07, 6.45) is 0.447. The zero-order valence-corrected chi connectivity index (χ0v) is 13.4. The zero-order valence-electron chi connectivity index (χ0n) is 13.4. The molecule has 4 aromatic rings. The predicted molar refractivity (Wildman–Crippen MR) is 94.9 cm³/mol. The van der Waals surface area contributed by atoms with E-state index in [9.17, 15) is 4.79 Å². The summed E-state index contributed by atoms with van der Waals surface area (Å²) in [4.78, 5) is 12.8. The molecule has 118 valence electrons. The van der Waals surface area contributed by atoms with Crippen LogP contribution in [-0.4, -0.2) is 20.8 Å². The van der Waals surface area contributed by atoms with Gasteiger partial charge in [-0.2, -0.15) is 0 Å². The van der Waals surface area contributed by atoms with Crippen LogP contribution in [0.1, 0.15) is 24.9 Å². The third-order valence-electron chi connectivity index (χ3n) is 4.39. The number of fused-ring (bicyclic) bond motifs is 2. The predicted octanol–water partition coefficient (Wildman–Crippen LogP) is 4.15. The molecule has 0 fully saturated rings. The highest BCUT2D eigenvalue weighted by molar-refractivity contribution is 5.94. The van der Waals surface area contributed by atoms with Crippen LogP contribution < -0.4 is 0 Å². The Balaban J connectivity index is 1.99. The highest BCUT2D eigenvalue weighted by atomic mass is 16.1. The van der Waals surface area contributed by atoms with Gasteiger partial charge >= 0.3 is 0 Å². The molecule has 0 radical (unpaired) electrons. The fraction of sp³-hybridized carbons (Fsp3) is 0.150. The van der Waals surface area contributed by atoms with Crippen molar-refractivity contribution in [3.63, 3.8) is 0 Å². The Bertz CT molecular complexity index is 1030. The van der Waals surface area contributed by atoms with Gasteiger partial charge < -0.3 is 0 Å². The van der Waals surface area contributed by atoms with Crippen molar-refractivity contribution < 1.29 is 4.79 Å². The van der Waals surface area contributed by atoms with Crippen molar-refractivity contribution in [3.05, 3.63) is 72.3 Å². The number of nitrogens with zero attached hydrogens (tertiary/aromatic N) is 3. The van der Waals surface area contributed by atoms with Gasteiger partial charge in [-0.25, -0.2) is 4.68 Å². The lowest BCUT2D eigenvalue weighted by Crippen LogP contribution is -2.21. The molecule has 0 N–H and O–H groups in total. The Kier molecular flexibility index (Phi) is 3.58. The number of hydrogen-bond donors (Lipinski definition) is 0. The van der Waals surface area contributed by atoms with Crippen LogP contribution in [-0.2, 0) is 4.79 Å². The van der Waals surface area contributed by atoms with Crippen LogP contribution in [0.2, 0.25) is 0 Å². The largest absolute Gasteiger partial charge is 0.297 e. The van der Waals surface area contributed by atoms with E-state index in [4.69, 9.17) is 0 Å². The smallest absolute Gasteiger partial charge is 0.161 e. The Morgan fingerprint density at radius 2 is 1.75 bits per heavy atom. The average Bonchev–Trinajstić information content (AvgIpc) is 3.06. The number of carbonyl (C=O) groups is 1. The van der Waals surface area contributed by atoms with Crippen molar-refractivity contribution in [3.8, 4) is 0 Å². The van der Waals surface area contributed by atoms with E-state index in [0.29, 0.717) is 6.42 Å². The van der Waals surface area contributed by atoms with Gasteiger partial charge in [0.1, 0.15) is 11.6 Å². The van der Waals surface area contributed by atoms with E-state index in [2.05, 4.69) is 28.5 Å². The van der Waals surface area contributed by atoms with Crippen molar-refractivity contribution >= 4 is 27.6 Å². The van der Waals surface area contributed by atoms with Gasteiger partial charge in [-0.15, -0.1) is 5.10 Å². The quantitative estimate of drug-likeness (QED) is 0.568. The van der Waals surface area contributed by atoms with Gasteiger partial charge in [-0.05, 0) is 28.5 Å². The van der Waals surface area contributed by atoms with Gasteiger partial charge in [0, 0.05) is 6.42 Å². The minimum absolute atomic E-state index is 0.127. The number of para-hydroxylation sites is 1. The lowest BCUT2D eigenvalue weighted by atomic mass is 9.95. The third-order valence-corrected chi connectivity index (χ3v) is 4.39. The molecule has 0 saturated carbocycles. The Morgan fingerprint density at radius 3 is 2.62 bits per heavy atom. The lowest BCUT2D eigenvalue weighted by molar-refractivity contribution is -0.121. The van der Waals surface area contributed by atoms with E-state index in [1.165, 1.54) is 0 Å². The third kappa shape index (κ3) is 2.27. The SMILES string of the molecule is CCC(=O)C(c1cccc2ccccc12)n1nnc2ccccc21. The Morgan fingerprint density at radius 1 is 1.00 bits per heavy atom. The second-order valence-corrected chi connectivity index (χ2v) is 5.81. The molecule has 4 rings (SSSR count). The lowest BCUT2D eigenvalue weighted by Gasteiger charge is -2.18. The highest BCUT2D eigenvalue weighted by Gasteiger charge is 2.25. The zero-order chi connectivity index (χ0) is 16.5. The molecule has 3 aromatic carbocycles. The van der Waals surface area contributed by atoms with Gasteiger partial charge in [-0.3, -0.25) is 4.79 Å². The maximum absolute atomic E-state index is 12.8. The summed E-state index contributed by atoms with van der Waals surface area (Å²) in [6, 6.07) is 21.5. The molecule has 0 amide bonds. The maximum Gasteiger partial charge on any atom is 0.161 e. The molecular formula is C20H17N3O. The second-order valence-electron chi connectivity index (χ2n) is 5.81. The van der Waals surface area contributed by atoms with Gasteiger partial charge in [-0.1, -0.05) is 66.7 Å². The molecule has 1 heterocycles. The molecule has 0 bridgehead atoms. The van der Waals surface area contributed by atoms with Crippen molar-refractivity contribution in [2.24, 2.45) is 0 Å². The first-order valence-corrected chi connectivity index (χ1v) is 8.10. The summed E-state index contributed by atoms with van der Waals surface area (Å²) in [7, 11) is 0. The van der Waals surface area contributed by atoms with Crippen LogP contribution in [0.3, 0.4) is 0 Å². The fourth-order valence-electron chi connectivity index (χ4n) is 3.20. The van der Waals surface area contributed by atoms with Gasteiger partial charge in [0.2, 0.25) is 0 Å². The molecule has 0 saturated heterocycles. The van der Waals surface area contributed by atoms with Gasteiger partial charge in [0.05, 0.1) is 5.52 Å². The number of ketones is 1. The molecule has 24 heavy (non-hydrogen) atoms. The molecule has 4 nitrogen and oxygen atoms in total. The maximum atomic E-state index is 12.8. The van der Waals surface area contributed by atoms with E-state index >= 15 is 0 Å². The Labute approximate surface area is 139 Å². The van der Waals surface area contributed by atoms with Crippen LogP contribution in [0.25, 0.3) is 21.8 Å². The van der Waals surface area contributed by atoms with E-state index in [1.807, 2.05) is 55.5 Å². The van der Waals surface area contributed by atoms with Crippen LogP contribution in [0, 0.1) is 0 Å². The fourth-order valence-corrected chi connectivity index (χ4v) is 3.20. The minimum atomic E-state index is -0.464. The second kappa shape index (κ2) is 5.89. The average molecular weight is 315 g/mol. The summed E-state index contributed by atoms with van der Waals surface area (Å²) >= 11 is 0. The molecule has 0 spiro atoms. The monoisotopic (exact) mass is 315 g/mol. The summed E-state index contributed by atoms with van der Waals surface area (Å²) in [5.74, 6) is 0.127. The molecule has 1 unspecified atom stereocenters. The van der Waals surface area contributed by atoms with E-state index < -0.39 is 6.04 Å². The van der Waals surface area contributed by atoms with Crippen molar-refractivity contribution in [2.45, 2.75) is 19.4 Å². The van der Waals surface area contributed by atoms with E-state index in [0.717, 1.165) is 27.4 Å². The number of benzene rings is 3. The van der Waals surface area contributed by atoms with Crippen LogP contribution in [0.5, 0.6) is 0 Å². The van der Waals surface area contributed by atoms with E-state index in [1.54, 1.807) is 4.68 Å². The highest BCUT2D eigenvalue weighted by Crippen LogP contribution is 2.30. The van der Waals surface area contributed by atoms with Crippen molar-refractivity contribution in [1.29, 1.82) is 0 Å². The Hall–Kier alpha value is -3.01. The molecule has 1 aromatic heterocycles. The van der Waals surface area contributed by atoms with E-state index in [-0.39, 0.29) is 5.78 Å². The first-order valence-electron chi connectivity index (χ1n) is 8.10. The summed E-state index contributed by atoms with van der Waals surface area (Å²) < 4.78 is 1.75. The van der Waals surface area contributed by atoms with Crippen LogP contribution >= 0.6 is 0 Å². The molecule has 0 aliphatic heterocycles. The molecule has 1 atom stereocenters. The first kappa shape index (κ1) is 14.6. The molecule has 0 aliphatic carbocycles. The van der Waals surface area contributed by atoms with Crippen LogP contribution in [0.15, 0.2) is 66.7 Å². The number of hydrogen-bond acceptors (Lipinski definition) is 3. The summed E-state index contributed by atoms with van der Waals surface area (Å²) in [5.41, 5.74) is 2.64. The normalized spacial score (nSPS) is 12.5. The summed E-state index contributed by atoms with van der Waals surface area (Å²) in [6.45, 7) is 1.89. The van der Waals surface area contributed by atoms with Crippen molar-refractivity contribution in [2.75, 3.05) is 0 Å². The number of Topliss-reactive ketones (excluding diaryl/α,β-unsaturated/α-hetero) is 1. The van der Waals surface area contributed by atoms with Gasteiger partial charge in [0.15, 0.2) is 5.78 Å². The molecular weight excluding hydrogens is 298 g/mol. The molecule has 4 heteroatoms. The number of carbonyl (C=O) groups excluding carboxylic acids is 1. The first-order chi connectivity index (χ1) is 11.8. The number of rotatable bonds is 4. The standard InChI is InChI=1S/C20H17N3O/c1-2-19(24)20(23-18-13-6-5-12-17(18)21-22-23)16-11-7-9-14-8-3-4-10-15(14)16/h3-13,20H,2H2,1H3. The van der Waals surface area contributed by atoms with Crippen LogP contribution in [0.4, 0.5) is 0 Å². The summed E-state index contributed by atoms with van der Waals surface area (Å²) in [5, 5.41) is 10.7. The van der Waals surface area contributed by atoms with Gasteiger partial charge in [0.25, 0.3) is 0 Å². The topological polar surface area (TPSA) is 47.8 Å². The minimum Gasteiger partial charge on any atom is -0.297 e. The van der Waals surface area contributed by atoms with Crippen molar-refractivity contribution in [1.82, 2.24) is 15.0 Å². The molecule has 0 aliphatic rings. The number of aromatic nitrogens is 3.